The zero-order valence-corrected chi connectivity index (χ0v) is 12.1. The molecule has 0 amide bonds. The van der Waals surface area contributed by atoms with Crippen molar-refractivity contribution in [3.63, 3.8) is 0 Å². The predicted octanol–water partition coefficient (Wildman–Crippen LogP) is 3.22. The predicted molar refractivity (Wildman–Crippen MR) is 82.3 cm³/mol. The Morgan fingerprint density at radius 3 is 2.59 bits per heavy atom. The second-order valence-electron chi connectivity index (χ2n) is 4.69. The molecule has 0 aliphatic rings. The topological polar surface area (TPSA) is 88.2 Å². The molecule has 2 rings (SSSR count). The molecular formula is C16H15N3O3. The van der Waals surface area contributed by atoms with Gasteiger partial charge in [0.25, 0.3) is 5.69 Å². The van der Waals surface area contributed by atoms with Gasteiger partial charge in [0.05, 0.1) is 23.2 Å². The van der Waals surface area contributed by atoms with E-state index < -0.39 is 4.92 Å². The van der Waals surface area contributed by atoms with Crippen LogP contribution in [0.15, 0.2) is 42.5 Å². The third-order valence-electron chi connectivity index (χ3n) is 3.17. The van der Waals surface area contributed by atoms with E-state index in [2.05, 4.69) is 11.4 Å². The van der Waals surface area contributed by atoms with Gasteiger partial charge in [-0.15, -0.1) is 0 Å². The van der Waals surface area contributed by atoms with E-state index in [1.807, 2.05) is 12.1 Å². The molecule has 0 atom stereocenters. The summed E-state index contributed by atoms with van der Waals surface area (Å²) in [6.45, 7) is 0.845. The minimum absolute atomic E-state index is 0.0379. The molecule has 0 saturated carbocycles. The van der Waals surface area contributed by atoms with E-state index in [-0.39, 0.29) is 12.3 Å². The lowest BCUT2D eigenvalue weighted by Crippen LogP contribution is -2.04. The summed E-state index contributed by atoms with van der Waals surface area (Å²) < 4.78 is 5.09. The molecule has 0 spiro atoms. The van der Waals surface area contributed by atoms with E-state index in [0.29, 0.717) is 12.1 Å². The van der Waals surface area contributed by atoms with Crippen LogP contribution in [0, 0.1) is 21.4 Å². The summed E-state index contributed by atoms with van der Waals surface area (Å²) in [7, 11) is 1.54. The number of nitro benzene ring substituents is 1. The second kappa shape index (κ2) is 7.20. The largest absolute Gasteiger partial charge is 0.381 e. The van der Waals surface area contributed by atoms with Gasteiger partial charge in [-0.3, -0.25) is 10.1 Å². The van der Waals surface area contributed by atoms with E-state index >= 15 is 0 Å². The number of methoxy groups -OCH3 is 1. The van der Waals surface area contributed by atoms with E-state index in [0.717, 1.165) is 16.8 Å². The SMILES string of the molecule is COCc1cc([N+](=O)[O-])ccc1NCc1ccc(C#N)cc1. The molecule has 22 heavy (non-hydrogen) atoms. The first kappa shape index (κ1) is 15.5. The van der Waals surface area contributed by atoms with Gasteiger partial charge in [0.1, 0.15) is 0 Å². The lowest BCUT2D eigenvalue weighted by molar-refractivity contribution is -0.384. The van der Waals surface area contributed by atoms with Crippen LogP contribution >= 0.6 is 0 Å². The first-order valence-corrected chi connectivity index (χ1v) is 6.63. The summed E-state index contributed by atoms with van der Waals surface area (Å²) in [5.74, 6) is 0. The molecule has 2 aromatic rings. The molecule has 0 aliphatic heterocycles. The number of hydrogen-bond acceptors (Lipinski definition) is 5. The number of rotatable bonds is 6. The maximum atomic E-state index is 10.8. The molecule has 112 valence electrons. The third kappa shape index (κ3) is 3.81. The maximum Gasteiger partial charge on any atom is 0.269 e. The molecule has 0 aromatic heterocycles. The van der Waals surface area contributed by atoms with Crippen LogP contribution in [0.25, 0.3) is 0 Å². The van der Waals surface area contributed by atoms with Crippen molar-refractivity contribution in [3.8, 4) is 6.07 Å². The van der Waals surface area contributed by atoms with Crippen LogP contribution in [-0.2, 0) is 17.9 Å². The van der Waals surface area contributed by atoms with Gasteiger partial charge in [-0.2, -0.15) is 5.26 Å². The Bertz CT molecular complexity index is 706. The van der Waals surface area contributed by atoms with Crippen LogP contribution in [0.4, 0.5) is 11.4 Å². The monoisotopic (exact) mass is 297 g/mol. The fourth-order valence-corrected chi connectivity index (χ4v) is 2.04. The van der Waals surface area contributed by atoms with Gasteiger partial charge in [0.2, 0.25) is 0 Å². The van der Waals surface area contributed by atoms with Crippen LogP contribution < -0.4 is 5.32 Å². The highest BCUT2D eigenvalue weighted by Crippen LogP contribution is 2.23. The molecule has 2 aromatic carbocycles. The number of non-ortho nitro benzene ring substituents is 1. The maximum absolute atomic E-state index is 10.8. The minimum Gasteiger partial charge on any atom is -0.381 e. The van der Waals surface area contributed by atoms with Crippen LogP contribution in [0.2, 0.25) is 0 Å². The standard InChI is InChI=1S/C16H15N3O3/c1-22-11-14-8-15(19(20)21)6-7-16(14)18-10-13-4-2-12(9-17)3-5-13/h2-8,18H,10-11H2,1H3. The fourth-order valence-electron chi connectivity index (χ4n) is 2.04. The van der Waals surface area contributed by atoms with Gasteiger partial charge in [-0.25, -0.2) is 0 Å². The Balaban J connectivity index is 2.14. The lowest BCUT2D eigenvalue weighted by atomic mass is 10.1. The van der Waals surface area contributed by atoms with E-state index in [9.17, 15) is 10.1 Å². The summed E-state index contributed by atoms with van der Waals surface area (Å²) >= 11 is 0. The third-order valence-corrected chi connectivity index (χ3v) is 3.17. The van der Waals surface area contributed by atoms with Crippen molar-refractivity contribution >= 4 is 11.4 Å². The van der Waals surface area contributed by atoms with Gasteiger partial charge in [-0.05, 0) is 23.8 Å². The Labute approximate surface area is 128 Å². The molecular weight excluding hydrogens is 282 g/mol. The van der Waals surface area contributed by atoms with E-state index in [1.165, 1.54) is 12.1 Å². The molecule has 1 N–H and O–H groups in total. The summed E-state index contributed by atoms with van der Waals surface area (Å²) in [5.41, 5.74) is 3.18. The number of ether oxygens (including phenoxy) is 1. The Kier molecular flexibility index (Phi) is 5.07. The number of nitriles is 1. The van der Waals surface area contributed by atoms with E-state index in [4.69, 9.17) is 10.00 Å². The average molecular weight is 297 g/mol. The molecule has 0 unspecified atom stereocenters. The minimum atomic E-state index is -0.427. The zero-order valence-electron chi connectivity index (χ0n) is 12.1. The normalized spacial score (nSPS) is 10.0. The summed E-state index contributed by atoms with van der Waals surface area (Å²) in [4.78, 5) is 10.4. The van der Waals surface area contributed by atoms with Crippen molar-refractivity contribution in [2.45, 2.75) is 13.2 Å². The highest BCUT2D eigenvalue weighted by atomic mass is 16.6. The van der Waals surface area contributed by atoms with Crippen molar-refractivity contribution in [2.24, 2.45) is 0 Å². The van der Waals surface area contributed by atoms with Gasteiger partial charge in [0, 0.05) is 37.0 Å². The Morgan fingerprint density at radius 1 is 1.27 bits per heavy atom. The molecule has 0 saturated heterocycles. The number of nitro groups is 1. The Morgan fingerprint density at radius 2 is 2.00 bits per heavy atom. The highest BCUT2D eigenvalue weighted by molar-refractivity contribution is 5.56. The molecule has 0 bridgehead atoms. The van der Waals surface area contributed by atoms with Gasteiger partial charge < -0.3 is 10.1 Å². The number of nitrogens with zero attached hydrogens (tertiary/aromatic N) is 2. The highest BCUT2D eigenvalue weighted by Gasteiger charge is 2.10. The zero-order chi connectivity index (χ0) is 15.9. The van der Waals surface area contributed by atoms with E-state index in [1.54, 1.807) is 25.3 Å². The first-order chi connectivity index (χ1) is 10.6. The smallest absolute Gasteiger partial charge is 0.269 e. The van der Waals surface area contributed by atoms with Gasteiger partial charge in [0.15, 0.2) is 0 Å². The summed E-state index contributed by atoms with van der Waals surface area (Å²) in [6, 6.07) is 14.0. The van der Waals surface area contributed by atoms with Gasteiger partial charge >= 0.3 is 0 Å². The fraction of sp³-hybridized carbons (Fsp3) is 0.188. The van der Waals surface area contributed by atoms with Crippen LogP contribution in [0.5, 0.6) is 0 Å². The molecule has 0 aliphatic carbocycles. The van der Waals surface area contributed by atoms with Crippen molar-refractivity contribution in [2.75, 3.05) is 12.4 Å². The molecule has 0 heterocycles. The quantitative estimate of drug-likeness (QED) is 0.653. The average Bonchev–Trinajstić information content (AvgIpc) is 2.54. The van der Waals surface area contributed by atoms with Crippen molar-refractivity contribution in [1.29, 1.82) is 5.26 Å². The van der Waals surface area contributed by atoms with Crippen molar-refractivity contribution in [3.05, 3.63) is 69.3 Å². The second-order valence-corrected chi connectivity index (χ2v) is 4.69. The molecule has 0 radical (unpaired) electrons. The Hall–Kier alpha value is -2.91. The molecule has 6 nitrogen and oxygen atoms in total. The number of benzene rings is 2. The molecule has 0 fully saturated rings. The summed E-state index contributed by atoms with van der Waals surface area (Å²) in [5, 5.41) is 22.8. The first-order valence-electron chi connectivity index (χ1n) is 6.63. The van der Waals surface area contributed by atoms with Crippen LogP contribution in [0.3, 0.4) is 0 Å². The number of anilines is 1. The number of nitrogens with one attached hydrogen (secondary N) is 1. The molecule has 6 heteroatoms. The lowest BCUT2D eigenvalue weighted by Gasteiger charge is -2.11. The van der Waals surface area contributed by atoms with Crippen LogP contribution in [-0.4, -0.2) is 12.0 Å². The van der Waals surface area contributed by atoms with Crippen molar-refractivity contribution < 1.29 is 9.66 Å². The summed E-state index contributed by atoms with van der Waals surface area (Å²) in [6.07, 6.45) is 0. The van der Waals surface area contributed by atoms with Crippen molar-refractivity contribution in [1.82, 2.24) is 0 Å². The number of hydrogen-bond donors (Lipinski definition) is 1. The van der Waals surface area contributed by atoms with Crippen LogP contribution in [0.1, 0.15) is 16.7 Å². The van der Waals surface area contributed by atoms with Gasteiger partial charge in [-0.1, -0.05) is 12.1 Å².